The molecule has 3 rings (SSSR count). The zero-order chi connectivity index (χ0) is 11.1. The van der Waals surface area contributed by atoms with Gasteiger partial charge in [-0.25, -0.2) is 0 Å². The van der Waals surface area contributed by atoms with Crippen LogP contribution in [0.3, 0.4) is 0 Å². The number of benzene rings is 1. The third kappa shape index (κ3) is 1.19. The van der Waals surface area contributed by atoms with Gasteiger partial charge >= 0.3 is 0 Å². The van der Waals surface area contributed by atoms with Gasteiger partial charge in [0.1, 0.15) is 0 Å². The van der Waals surface area contributed by atoms with Crippen molar-refractivity contribution in [2.75, 3.05) is 11.5 Å². The van der Waals surface area contributed by atoms with E-state index in [-0.39, 0.29) is 0 Å². The lowest BCUT2D eigenvalue weighted by molar-refractivity contribution is 0.908. The van der Waals surface area contributed by atoms with Crippen LogP contribution >= 0.6 is 0 Å². The van der Waals surface area contributed by atoms with Crippen LogP contribution in [0.25, 0.3) is 12.2 Å². The lowest BCUT2D eigenvalue weighted by atomic mass is 9.83. The van der Waals surface area contributed by atoms with Crippen LogP contribution in [0, 0.1) is 0 Å². The standard InChI is InChI=1S/C14H16N2/c15-13-11-7-3-1-5-9(11)10-6-2-4-8-12(10)14(13)16/h3-4,7-8H,1-2,5-6,15-16H2. The molecule has 0 bridgehead atoms. The van der Waals surface area contributed by atoms with Crippen molar-refractivity contribution in [3.05, 3.63) is 34.4 Å². The van der Waals surface area contributed by atoms with Gasteiger partial charge < -0.3 is 11.5 Å². The first-order chi connectivity index (χ1) is 7.79. The van der Waals surface area contributed by atoms with Gasteiger partial charge in [0, 0.05) is 11.1 Å². The van der Waals surface area contributed by atoms with E-state index in [1.807, 2.05) is 0 Å². The Balaban J connectivity index is 2.36. The maximum absolute atomic E-state index is 6.12. The van der Waals surface area contributed by atoms with E-state index < -0.39 is 0 Å². The predicted octanol–water partition coefficient (Wildman–Crippen LogP) is 2.77. The Morgan fingerprint density at radius 3 is 1.62 bits per heavy atom. The summed E-state index contributed by atoms with van der Waals surface area (Å²) in [6, 6.07) is 0. The van der Waals surface area contributed by atoms with Crippen LogP contribution in [0.4, 0.5) is 11.4 Å². The quantitative estimate of drug-likeness (QED) is 0.513. The van der Waals surface area contributed by atoms with Crippen molar-refractivity contribution in [3.8, 4) is 0 Å². The van der Waals surface area contributed by atoms with E-state index in [0.29, 0.717) is 0 Å². The molecule has 2 nitrogen and oxygen atoms in total. The van der Waals surface area contributed by atoms with Crippen molar-refractivity contribution in [2.24, 2.45) is 0 Å². The monoisotopic (exact) mass is 212 g/mol. The summed E-state index contributed by atoms with van der Waals surface area (Å²) in [4.78, 5) is 0. The first-order valence-electron chi connectivity index (χ1n) is 5.84. The molecule has 0 saturated carbocycles. The van der Waals surface area contributed by atoms with Crippen molar-refractivity contribution < 1.29 is 0 Å². The second-order valence-corrected chi connectivity index (χ2v) is 4.49. The lowest BCUT2D eigenvalue weighted by Gasteiger charge is -2.24. The highest BCUT2D eigenvalue weighted by Gasteiger charge is 2.20. The second kappa shape index (κ2) is 3.41. The number of allylic oxidation sites excluding steroid dienone is 2. The molecule has 82 valence electrons. The van der Waals surface area contributed by atoms with Crippen molar-refractivity contribution in [1.29, 1.82) is 0 Å². The highest BCUT2D eigenvalue weighted by molar-refractivity contribution is 5.88. The van der Waals surface area contributed by atoms with Crippen LogP contribution in [0.5, 0.6) is 0 Å². The summed E-state index contributed by atoms with van der Waals surface area (Å²) < 4.78 is 0. The topological polar surface area (TPSA) is 52.0 Å². The molecule has 1 aromatic rings. The summed E-state index contributed by atoms with van der Waals surface area (Å²) in [6.45, 7) is 0. The molecule has 0 saturated heterocycles. The normalized spacial score (nSPS) is 17.0. The summed E-state index contributed by atoms with van der Waals surface area (Å²) in [7, 11) is 0. The number of rotatable bonds is 0. The molecule has 1 aromatic carbocycles. The molecular weight excluding hydrogens is 196 g/mol. The van der Waals surface area contributed by atoms with Gasteiger partial charge in [-0.3, -0.25) is 0 Å². The maximum atomic E-state index is 6.12. The molecule has 0 aromatic heterocycles. The fourth-order valence-corrected chi connectivity index (χ4v) is 2.75. The molecule has 0 atom stereocenters. The average molecular weight is 212 g/mol. The minimum Gasteiger partial charge on any atom is -0.397 e. The third-order valence-corrected chi connectivity index (χ3v) is 3.58. The van der Waals surface area contributed by atoms with Crippen molar-refractivity contribution >= 4 is 23.5 Å². The van der Waals surface area contributed by atoms with Crippen LogP contribution < -0.4 is 11.5 Å². The summed E-state index contributed by atoms with van der Waals surface area (Å²) in [5.74, 6) is 0. The molecule has 0 heterocycles. The number of hydrogen-bond acceptors (Lipinski definition) is 2. The molecule has 2 aliphatic rings. The number of anilines is 2. The maximum Gasteiger partial charge on any atom is 0.0630 e. The largest absolute Gasteiger partial charge is 0.397 e. The van der Waals surface area contributed by atoms with Crippen LogP contribution in [-0.4, -0.2) is 0 Å². The Kier molecular flexibility index (Phi) is 2.03. The van der Waals surface area contributed by atoms with Gasteiger partial charge in [0.2, 0.25) is 0 Å². The number of nitrogens with two attached hydrogens (primary N) is 2. The molecule has 0 unspecified atom stereocenters. The first-order valence-corrected chi connectivity index (χ1v) is 5.84. The number of hydrogen-bond donors (Lipinski definition) is 2. The Morgan fingerprint density at radius 1 is 0.750 bits per heavy atom. The van der Waals surface area contributed by atoms with Crippen LogP contribution in [0.2, 0.25) is 0 Å². The minimum atomic E-state index is 0.760. The van der Waals surface area contributed by atoms with Gasteiger partial charge in [0.25, 0.3) is 0 Å². The Morgan fingerprint density at radius 2 is 1.19 bits per heavy atom. The van der Waals surface area contributed by atoms with E-state index in [1.165, 1.54) is 11.1 Å². The molecule has 2 aliphatic carbocycles. The molecule has 4 N–H and O–H groups in total. The van der Waals surface area contributed by atoms with E-state index in [9.17, 15) is 0 Å². The summed E-state index contributed by atoms with van der Waals surface area (Å²) in [5, 5.41) is 0. The molecule has 0 fully saturated rings. The molecule has 2 heteroatoms. The summed E-state index contributed by atoms with van der Waals surface area (Å²) in [5.41, 5.74) is 18.9. The lowest BCUT2D eigenvalue weighted by Crippen LogP contribution is -2.12. The summed E-state index contributed by atoms with van der Waals surface area (Å²) in [6.07, 6.45) is 13.1. The first kappa shape index (κ1) is 9.52. The van der Waals surface area contributed by atoms with E-state index >= 15 is 0 Å². The van der Waals surface area contributed by atoms with Crippen molar-refractivity contribution in [2.45, 2.75) is 25.7 Å². The number of fused-ring (bicyclic) bond motifs is 3. The van der Waals surface area contributed by atoms with Gasteiger partial charge in [-0.05, 0) is 36.8 Å². The molecule has 16 heavy (non-hydrogen) atoms. The van der Waals surface area contributed by atoms with Crippen molar-refractivity contribution in [3.63, 3.8) is 0 Å². The van der Waals surface area contributed by atoms with Gasteiger partial charge in [-0.1, -0.05) is 24.3 Å². The zero-order valence-corrected chi connectivity index (χ0v) is 9.29. The van der Waals surface area contributed by atoms with Crippen LogP contribution in [-0.2, 0) is 12.8 Å². The second-order valence-electron chi connectivity index (χ2n) is 4.49. The van der Waals surface area contributed by atoms with E-state index in [1.54, 1.807) is 0 Å². The van der Waals surface area contributed by atoms with Crippen molar-refractivity contribution in [1.82, 2.24) is 0 Å². The molecule has 0 amide bonds. The van der Waals surface area contributed by atoms with E-state index in [2.05, 4.69) is 24.3 Å². The van der Waals surface area contributed by atoms with E-state index in [4.69, 9.17) is 11.5 Å². The fraction of sp³-hybridized carbons (Fsp3) is 0.286. The van der Waals surface area contributed by atoms with E-state index in [0.717, 1.165) is 48.2 Å². The SMILES string of the molecule is Nc1c(N)c2c(c3c1C=CCC3)CCC=C2. The Labute approximate surface area is 95.6 Å². The van der Waals surface area contributed by atoms with Gasteiger partial charge in [0.15, 0.2) is 0 Å². The summed E-state index contributed by atoms with van der Waals surface area (Å²) >= 11 is 0. The highest BCUT2D eigenvalue weighted by Crippen LogP contribution is 2.39. The Bertz CT molecular complexity index is 463. The van der Waals surface area contributed by atoms with Gasteiger partial charge in [-0.15, -0.1) is 0 Å². The molecular formula is C14H16N2. The number of nitrogen functional groups attached to an aromatic ring is 2. The van der Waals surface area contributed by atoms with Crippen LogP contribution in [0.1, 0.15) is 35.1 Å². The highest BCUT2D eigenvalue weighted by atomic mass is 14.7. The van der Waals surface area contributed by atoms with Gasteiger partial charge in [-0.2, -0.15) is 0 Å². The molecule has 0 radical (unpaired) electrons. The minimum absolute atomic E-state index is 0.760. The predicted molar refractivity (Wildman–Crippen MR) is 70.0 cm³/mol. The zero-order valence-electron chi connectivity index (χ0n) is 9.29. The Hall–Kier alpha value is -1.70. The molecule has 0 spiro atoms. The smallest absolute Gasteiger partial charge is 0.0630 e. The van der Waals surface area contributed by atoms with Crippen LogP contribution in [0.15, 0.2) is 12.2 Å². The third-order valence-electron chi connectivity index (χ3n) is 3.58. The average Bonchev–Trinajstić information content (AvgIpc) is 2.36. The van der Waals surface area contributed by atoms with Gasteiger partial charge in [0.05, 0.1) is 11.4 Å². The molecule has 0 aliphatic heterocycles. The fourth-order valence-electron chi connectivity index (χ4n) is 2.75.